The van der Waals surface area contributed by atoms with Crippen molar-refractivity contribution in [1.82, 2.24) is 0 Å². The second-order valence-corrected chi connectivity index (χ2v) is 5.03. The highest BCUT2D eigenvalue weighted by Gasteiger charge is 2.29. The molecule has 1 atom stereocenters. The molecule has 0 heterocycles. The highest BCUT2D eigenvalue weighted by atomic mass is 16.1. The lowest BCUT2D eigenvalue weighted by atomic mass is 9.90. The number of nitrogens with two attached hydrogens (primary N) is 1. The van der Waals surface area contributed by atoms with Gasteiger partial charge in [-0.1, -0.05) is 6.07 Å². The van der Waals surface area contributed by atoms with Gasteiger partial charge in [-0.15, -0.1) is 0 Å². The maximum atomic E-state index is 11.9. The fourth-order valence-electron chi connectivity index (χ4n) is 3.24. The van der Waals surface area contributed by atoms with E-state index in [0.717, 1.165) is 30.4 Å². The van der Waals surface area contributed by atoms with Crippen LogP contribution in [-0.2, 0) is 19.3 Å². The van der Waals surface area contributed by atoms with Crippen LogP contribution in [0.25, 0.3) is 0 Å². The third-order valence-electron chi connectivity index (χ3n) is 3.88. The lowest BCUT2D eigenvalue weighted by Gasteiger charge is -2.17. The minimum Gasteiger partial charge on any atom is -0.324 e. The largest absolute Gasteiger partial charge is 0.324 e. The van der Waals surface area contributed by atoms with Gasteiger partial charge in [-0.25, -0.2) is 0 Å². The fraction of sp³-hybridized carbons (Fsp3) is 0.500. The molecule has 3 rings (SSSR count). The molecule has 84 valence electrons. The van der Waals surface area contributed by atoms with Crippen molar-refractivity contribution in [2.45, 2.75) is 45.1 Å². The van der Waals surface area contributed by atoms with Gasteiger partial charge < -0.3 is 5.73 Å². The summed E-state index contributed by atoms with van der Waals surface area (Å²) >= 11 is 0. The molecule has 0 bridgehead atoms. The van der Waals surface area contributed by atoms with Gasteiger partial charge in [0.05, 0.1) is 0 Å². The highest BCUT2D eigenvalue weighted by molar-refractivity contribution is 6.02. The summed E-state index contributed by atoms with van der Waals surface area (Å²) in [5, 5.41) is 0. The summed E-state index contributed by atoms with van der Waals surface area (Å²) in [4.78, 5) is 11.9. The van der Waals surface area contributed by atoms with Gasteiger partial charge in [0.1, 0.15) is 0 Å². The molecule has 2 aliphatic carbocycles. The van der Waals surface area contributed by atoms with E-state index in [9.17, 15) is 4.79 Å². The molecule has 0 amide bonds. The minimum atomic E-state index is -0.0103. The number of carbonyl (C=O) groups is 1. The summed E-state index contributed by atoms with van der Waals surface area (Å²) < 4.78 is 0. The Kier molecular flexibility index (Phi) is 2.15. The highest BCUT2D eigenvalue weighted by Crippen LogP contribution is 2.37. The Morgan fingerprint density at radius 2 is 2.00 bits per heavy atom. The molecule has 2 N–H and O–H groups in total. The van der Waals surface area contributed by atoms with Crippen LogP contribution in [0.1, 0.15) is 58.4 Å². The van der Waals surface area contributed by atoms with Crippen LogP contribution < -0.4 is 5.73 Å². The van der Waals surface area contributed by atoms with Gasteiger partial charge in [-0.3, -0.25) is 4.79 Å². The summed E-state index contributed by atoms with van der Waals surface area (Å²) in [5.74, 6) is 0.303. The molecule has 0 unspecified atom stereocenters. The third kappa shape index (κ3) is 1.26. The molecule has 1 aromatic carbocycles. The Hall–Kier alpha value is -1.15. The molecule has 2 nitrogen and oxygen atoms in total. The molecule has 0 spiro atoms. The van der Waals surface area contributed by atoms with Crippen molar-refractivity contribution in [3.63, 3.8) is 0 Å². The predicted molar refractivity (Wildman–Crippen MR) is 63.7 cm³/mol. The molecule has 2 aliphatic rings. The molecule has 0 aliphatic heterocycles. The molecular weight excluding hydrogens is 198 g/mol. The van der Waals surface area contributed by atoms with Crippen molar-refractivity contribution < 1.29 is 4.79 Å². The molecule has 0 saturated heterocycles. The Bertz CT molecular complexity index is 474. The van der Waals surface area contributed by atoms with Gasteiger partial charge >= 0.3 is 0 Å². The first-order chi connectivity index (χ1) is 7.68. The van der Waals surface area contributed by atoms with E-state index in [1.807, 2.05) is 6.92 Å². The Labute approximate surface area is 95.8 Å². The molecule has 0 radical (unpaired) electrons. The summed E-state index contributed by atoms with van der Waals surface area (Å²) in [6.07, 6.45) is 5.08. The maximum absolute atomic E-state index is 11.9. The normalized spacial score (nSPS) is 19.8. The van der Waals surface area contributed by atoms with Gasteiger partial charge in [-0.2, -0.15) is 0 Å². The Balaban J connectivity index is 2.30. The van der Waals surface area contributed by atoms with Crippen LogP contribution in [0.5, 0.6) is 0 Å². The quantitative estimate of drug-likeness (QED) is 0.781. The number of fused-ring (bicyclic) bond motifs is 2. The third-order valence-corrected chi connectivity index (χ3v) is 3.88. The molecule has 0 fully saturated rings. The van der Waals surface area contributed by atoms with E-state index in [0.29, 0.717) is 12.2 Å². The Morgan fingerprint density at radius 3 is 2.75 bits per heavy atom. The molecule has 1 aromatic rings. The van der Waals surface area contributed by atoms with Gasteiger partial charge in [-0.05, 0) is 54.9 Å². The van der Waals surface area contributed by atoms with Crippen molar-refractivity contribution >= 4 is 5.78 Å². The number of ketones is 1. The van der Waals surface area contributed by atoms with Crippen LogP contribution in [0.2, 0.25) is 0 Å². The van der Waals surface area contributed by atoms with Crippen LogP contribution in [0.15, 0.2) is 6.07 Å². The molecule has 2 heteroatoms. The van der Waals surface area contributed by atoms with Crippen LogP contribution >= 0.6 is 0 Å². The monoisotopic (exact) mass is 215 g/mol. The number of hydrogen-bond acceptors (Lipinski definition) is 2. The van der Waals surface area contributed by atoms with E-state index >= 15 is 0 Å². The smallest absolute Gasteiger partial charge is 0.163 e. The zero-order chi connectivity index (χ0) is 11.3. The standard InChI is InChI=1S/C14H17NO/c1-8(15)13-11-4-2-3-9(11)7-10-5-6-12(16)14(10)13/h7-8H,2-6,15H2,1H3/t8-/m1/s1. The zero-order valence-electron chi connectivity index (χ0n) is 9.68. The van der Waals surface area contributed by atoms with Crippen molar-refractivity contribution in [2.75, 3.05) is 0 Å². The van der Waals surface area contributed by atoms with E-state index in [1.165, 1.54) is 23.1 Å². The Morgan fingerprint density at radius 1 is 1.19 bits per heavy atom. The van der Waals surface area contributed by atoms with Crippen LogP contribution in [-0.4, -0.2) is 5.78 Å². The van der Waals surface area contributed by atoms with Crippen molar-refractivity contribution in [2.24, 2.45) is 5.73 Å². The van der Waals surface area contributed by atoms with E-state index in [1.54, 1.807) is 0 Å². The van der Waals surface area contributed by atoms with E-state index in [4.69, 9.17) is 5.73 Å². The van der Waals surface area contributed by atoms with E-state index in [-0.39, 0.29) is 6.04 Å². The zero-order valence-corrected chi connectivity index (χ0v) is 9.68. The summed E-state index contributed by atoms with van der Waals surface area (Å²) in [5.41, 5.74) is 12.3. The van der Waals surface area contributed by atoms with E-state index in [2.05, 4.69) is 6.07 Å². The van der Waals surface area contributed by atoms with Gasteiger partial charge in [0.2, 0.25) is 0 Å². The second kappa shape index (κ2) is 3.42. The van der Waals surface area contributed by atoms with Gasteiger partial charge in [0.25, 0.3) is 0 Å². The number of carbonyl (C=O) groups excluding carboxylic acids is 1. The number of Topliss-reactive ketones (excluding diaryl/α,β-unsaturated/α-hetero) is 1. The summed E-state index contributed by atoms with van der Waals surface area (Å²) in [7, 11) is 0. The van der Waals surface area contributed by atoms with Crippen molar-refractivity contribution in [3.05, 3.63) is 33.9 Å². The predicted octanol–water partition coefficient (Wildman–Crippen LogP) is 2.32. The first-order valence-corrected chi connectivity index (χ1v) is 6.15. The number of aryl methyl sites for hydroxylation is 2. The molecule has 16 heavy (non-hydrogen) atoms. The first kappa shape index (κ1) is 10.0. The van der Waals surface area contributed by atoms with Crippen LogP contribution in [0.4, 0.5) is 0 Å². The van der Waals surface area contributed by atoms with Crippen LogP contribution in [0, 0.1) is 0 Å². The number of hydrogen-bond donors (Lipinski definition) is 1. The molecule has 0 aromatic heterocycles. The lowest BCUT2D eigenvalue weighted by Crippen LogP contribution is -2.14. The summed E-state index contributed by atoms with van der Waals surface area (Å²) in [6.45, 7) is 2.00. The minimum absolute atomic E-state index is 0.0103. The average molecular weight is 215 g/mol. The summed E-state index contributed by atoms with van der Waals surface area (Å²) in [6, 6.07) is 2.25. The van der Waals surface area contributed by atoms with Crippen LogP contribution in [0.3, 0.4) is 0 Å². The van der Waals surface area contributed by atoms with Crippen molar-refractivity contribution in [1.29, 1.82) is 0 Å². The van der Waals surface area contributed by atoms with E-state index < -0.39 is 0 Å². The fourth-order valence-corrected chi connectivity index (χ4v) is 3.24. The second-order valence-electron chi connectivity index (χ2n) is 5.03. The van der Waals surface area contributed by atoms with Gasteiger partial charge in [0, 0.05) is 18.0 Å². The maximum Gasteiger partial charge on any atom is 0.163 e. The first-order valence-electron chi connectivity index (χ1n) is 6.15. The SMILES string of the molecule is C[C@@H](N)c1c2c(cc3c1C(=O)CC3)CCC2. The lowest BCUT2D eigenvalue weighted by molar-refractivity contribution is 0.0993. The number of benzene rings is 1. The molecular formula is C14H17NO. The molecule has 0 saturated carbocycles. The van der Waals surface area contributed by atoms with Gasteiger partial charge in [0.15, 0.2) is 5.78 Å². The van der Waals surface area contributed by atoms with Crippen molar-refractivity contribution in [3.8, 4) is 0 Å². The topological polar surface area (TPSA) is 43.1 Å². The number of rotatable bonds is 1. The average Bonchev–Trinajstić information content (AvgIpc) is 2.82.